The van der Waals surface area contributed by atoms with Crippen molar-refractivity contribution in [2.75, 3.05) is 20.2 Å². The van der Waals surface area contributed by atoms with E-state index in [-0.39, 0.29) is 12.0 Å². The van der Waals surface area contributed by atoms with Crippen molar-refractivity contribution in [3.63, 3.8) is 0 Å². The maximum absolute atomic E-state index is 12.9. The van der Waals surface area contributed by atoms with Gasteiger partial charge in [-0.15, -0.1) is 0 Å². The third-order valence-electron chi connectivity index (χ3n) is 4.06. The van der Waals surface area contributed by atoms with E-state index in [0.29, 0.717) is 19.5 Å². The molecule has 0 bridgehead atoms. The minimum atomic E-state index is -0.659. The van der Waals surface area contributed by atoms with Crippen LogP contribution >= 0.6 is 0 Å². The largest absolute Gasteiger partial charge is 0.444 e. The highest BCUT2D eigenvalue weighted by atomic mass is 16.6. The number of nitrogens with one attached hydrogen (secondary N) is 1. The SMILES string of the molecule is COC1CCN(C(=O)C(Cc2ccccc2)NC(=O)OC(C)(C)C)C1. The fourth-order valence-electron chi connectivity index (χ4n) is 2.84. The van der Waals surface area contributed by atoms with Gasteiger partial charge in [-0.3, -0.25) is 4.79 Å². The Morgan fingerprint density at radius 2 is 1.96 bits per heavy atom. The van der Waals surface area contributed by atoms with Gasteiger partial charge in [0.25, 0.3) is 0 Å². The zero-order chi connectivity index (χ0) is 18.4. The summed E-state index contributed by atoms with van der Waals surface area (Å²) in [5, 5.41) is 2.74. The number of hydrogen-bond donors (Lipinski definition) is 1. The number of ether oxygens (including phenoxy) is 2. The quantitative estimate of drug-likeness (QED) is 0.887. The Labute approximate surface area is 149 Å². The molecular formula is C19H28N2O4. The molecule has 0 radical (unpaired) electrons. The molecule has 0 aromatic heterocycles. The first-order chi connectivity index (χ1) is 11.8. The molecule has 1 heterocycles. The van der Waals surface area contributed by atoms with E-state index in [1.165, 1.54) is 0 Å². The van der Waals surface area contributed by atoms with Crippen molar-refractivity contribution in [3.8, 4) is 0 Å². The minimum absolute atomic E-state index is 0.0582. The molecule has 0 saturated carbocycles. The van der Waals surface area contributed by atoms with E-state index in [1.54, 1.807) is 32.8 Å². The Hall–Kier alpha value is -2.08. The molecule has 2 rings (SSSR count). The number of alkyl carbamates (subject to hydrolysis) is 1. The Kier molecular flexibility index (Phi) is 6.42. The molecule has 1 aliphatic heterocycles. The van der Waals surface area contributed by atoms with Crippen molar-refractivity contribution in [1.29, 1.82) is 0 Å². The van der Waals surface area contributed by atoms with Crippen LogP contribution < -0.4 is 5.32 Å². The summed E-state index contributed by atoms with van der Waals surface area (Å²) in [7, 11) is 1.65. The van der Waals surface area contributed by atoms with Crippen molar-refractivity contribution in [3.05, 3.63) is 35.9 Å². The molecule has 1 aromatic carbocycles. The van der Waals surface area contributed by atoms with Crippen LogP contribution in [0.5, 0.6) is 0 Å². The van der Waals surface area contributed by atoms with Crippen molar-refractivity contribution in [1.82, 2.24) is 10.2 Å². The van der Waals surface area contributed by atoms with E-state index < -0.39 is 17.7 Å². The van der Waals surface area contributed by atoms with Gasteiger partial charge in [0.2, 0.25) is 5.91 Å². The number of benzene rings is 1. The summed E-state index contributed by atoms with van der Waals surface area (Å²) < 4.78 is 10.6. The molecule has 2 amide bonds. The Morgan fingerprint density at radius 1 is 1.28 bits per heavy atom. The fourth-order valence-corrected chi connectivity index (χ4v) is 2.84. The number of rotatable bonds is 5. The Morgan fingerprint density at radius 3 is 2.52 bits per heavy atom. The first kappa shape index (κ1) is 19.2. The van der Waals surface area contributed by atoms with Crippen LogP contribution in [0.3, 0.4) is 0 Å². The number of hydrogen-bond acceptors (Lipinski definition) is 4. The predicted molar refractivity (Wildman–Crippen MR) is 95.3 cm³/mol. The molecule has 6 heteroatoms. The topological polar surface area (TPSA) is 67.9 Å². The molecule has 2 unspecified atom stereocenters. The van der Waals surface area contributed by atoms with Gasteiger partial charge >= 0.3 is 6.09 Å². The molecule has 2 atom stereocenters. The molecule has 0 aliphatic carbocycles. The normalized spacial score (nSPS) is 18.7. The van der Waals surface area contributed by atoms with Crippen LogP contribution in [0.25, 0.3) is 0 Å². The standard InChI is InChI=1S/C19H28N2O4/c1-19(2,3)25-18(23)20-16(12-14-8-6-5-7-9-14)17(22)21-11-10-15(13-21)24-4/h5-9,15-16H,10-13H2,1-4H3,(H,20,23). The molecule has 1 aliphatic rings. The van der Waals surface area contributed by atoms with Crippen molar-refractivity contribution >= 4 is 12.0 Å². The van der Waals surface area contributed by atoms with Crippen LogP contribution in [0.15, 0.2) is 30.3 Å². The average molecular weight is 348 g/mol. The second kappa shape index (κ2) is 8.34. The van der Waals surface area contributed by atoms with Gasteiger partial charge in [0, 0.05) is 26.6 Å². The van der Waals surface area contributed by atoms with E-state index >= 15 is 0 Å². The summed E-state index contributed by atoms with van der Waals surface area (Å²) in [5.41, 5.74) is 0.374. The smallest absolute Gasteiger partial charge is 0.408 e. The van der Waals surface area contributed by atoms with Gasteiger partial charge < -0.3 is 19.7 Å². The van der Waals surface area contributed by atoms with Gasteiger partial charge in [-0.05, 0) is 32.8 Å². The molecular weight excluding hydrogens is 320 g/mol. The molecule has 6 nitrogen and oxygen atoms in total. The van der Waals surface area contributed by atoms with Crippen LogP contribution in [0.2, 0.25) is 0 Å². The number of carbonyl (C=O) groups is 2. The zero-order valence-electron chi connectivity index (χ0n) is 15.5. The number of carbonyl (C=O) groups excluding carboxylic acids is 2. The highest BCUT2D eigenvalue weighted by Gasteiger charge is 2.32. The van der Waals surface area contributed by atoms with E-state index in [2.05, 4.69) is 5.32 Å². The maximum atomic E-state index is 12.9. The number of nitrogens with zero attached hydrogens (tertiary/aromatic N) is 1. The summed E-state index contributed by atoms with van der Waals surface area (Å²) in [6.45, 7) is 6.58. The third-order valence-corrected chi connectivity index (χ3v) is 4.06. The second-order valence-electron chi connectivity index (χ2n) is 7.32. The monoisotopic (exact) mass is 348 g/mol. The zero-order valence-corrected chi connectivity index (χ0v) is 15.5. The van der Waals surface area contributed by atoms with Crippen LogP contribution in [0, 0.1) is 0 Å². The lowest BCUT2D eigenvalue weighted by molar-refractivity contribution is -0.132. The summed E-state index contributed by atoms with van der Waals surface area (Å²) in [5.74, 6) is -0.103. The molecule has 1 saturated heterocycles. The maximum Gasteiger partial charge on any atom is 0.408 e. The predicted octanol–water partition coefficient (Wildman–Crippen LogP) is 2.37. The molecule has 138 valence electrons. The minimum Gasteiger partial charge on any atom is -0.444 e. The first-order valence-corrected chi connectivity index (χ1v) is 8.63. The van der Waals surface area contributed by atoms with Gasteiger partial charge in [0.1, 0.15) is 11.6 Å². The lowest BCUT2D eigenvalue weighted by Gasteiger charge is -2.26. The first-order valence-electron chi connectivity index (χ1n) is 8.63. The van der Waals surface area contributed by atoms with E-state index in [4.69, 9.17) is 9.47 Å². The molecule has 1 aromatic rings. The summed E-state index contributed by atoms with van der Waals surface area (Å²) >= 11 is 0. The van der Waals surface area contributed by atoms with Crippen LogP contribution in [0.1, 0.15) is 32.8 Å². The molecule has 25 heavy (non-hydrogen) atoms. The van der Waals surface area contributed by atoms with Crippen LogP contribution in [-0.4, -0.2) is 54.8 Å². The lowest BCUT2D eigenvalue weighted by Crippen LogP contribution is -2.50. The van der Waals surface area contributed by atoms with Gasteiger partial charge in [0.15, 0.2) is 0 Å². The van der Waals surface area contributed by atoms with Crippen molar-refractivity contribution in [2.45, 2.75) is 51.4 Å². The summed E-state index contributed by atoms with van der Waals surface area (Å²) in [6.07, 6.45) is 0.715. The highest BCUT2D eigenvalue weighted by Crippen LogP contribution is 2.15. The number of likely N-dealkylation sites (tertiary alicyclic amines) is 1. The van der Waals surface area contributed by atoms with Gasteiger partial charge in [-0.1, -0.05) is 30.3 Å². The number of methoxy groups -OCH3 is 1. The third kappa shape index (κ3) is 6.05. The highest BCUT2D eigenvalue weighted by molar-refractivity contribution is 5.86. The van der Waals surface area contributed by atoms with Crippen LogP contribution in [-0.2, 0) is 20.7 Å². The van der Waals surface area contributed by atoms with Crippen LogP contribution in [0.4, 0.5) is 4.79 Å². The summed E-state index contributed by atoms with van der Waals surface area (Å²) in [6, 6.07) is 8.99. The lowest BCUT2D eigenvalue weighted by atomic mass is 10.0. The van der Waals surface area contributed by atoms with Gasteiger partial charge in [-0.25, -0.2) is 4.79 Å². The Balaban J connectivity index is 2.08. The molecule has 0 spiro atoms. The average Bonchev–Trinajstić information content (AvgIpc) is 3.02. The summed E-state index contributed by atoms with van der Waals surface area (Å²) in [4.78, 5) is 26.8. The van der Waals surface area contributed by atoms with Crippen molar-refractivity contribution < 1.29 is 19.1 Å². The van der Waals surface area contributed by atoms with Crippen molar-refractivity contribution in [2.24, 2.45) is 0 Å². The molecule has 1 fully saturated rings. The number of amides is 2. The fraction of sp³-hybridized carbons (Fsp3) is 0.579. The van der Waals surface area contributed by atoms with E-state index in [0.717, 1.165) is 12.0 Å². The molecule has 1 N–H and O–H groups in total. The van der Waals surface area contributed by atoms with Gasteiger partial charge in [-0.2, -0.15) is 0 Å². The van der Waals surface area contributed by atoms with Gasteiger partial charge in [0.05, 0.1) is 6.10 Å². The second-order valence-corrected chi connectivity index (χ2v) is 7.32. The Bertz CT molecular complexity index is 583. The van der Waals surface area contributed by atoms with E-state index in [1.807, 2.05) is 30.3 Å². The van der Waals surface area contributed by atoms with E-state index in [9.17, 15) is 9.59 Å².